The van der Waals surface area contributed by atoms with Crippen molar-refractivity contribution in [3.63, 3.8) is 0 Å². The maximum atomic E-state index is 9.61. The van der Waals surface area contributed by atoms with Crippen LogP contribution in [-0.4, -0.2) is 23.8 Å². The number of hydrogen-bond acceptors (Lipinski definition) is 3. The Balaban J connectivity index is 2.20. The van der Waals surface area contributed by atoms with Crippen LogP contribution < -0.4 is 4.74 Å². The smallest absolute Gasteiger partial charge is 0.121 e. The van der Waals surface area contributed by atoms with E-state index in [9.17, 15) is 5.11 Å². The van der Waals surface area contributed by atoms with E-state index in [1.807, 2.05) is 37.4 Å². The van der Waals surface area contributed by atoms with Gasteiger partial charge in [0.15, 0.2) is 0 Å². The molecule has 2 rings (SSSR count). The normalized spacial score (nSPS) is 12.2. The molecule has 1 atom stereocenters. The molecule has 0 spiro atoms. The summed E-state index contributed by atoms with van der Waals surface area (Å²) in [6, 6.07) is 10.0. The maximum Gasteiger partial charge on any atom is 0.121 e. The molecule has 0 saturated carbocycles. The first-order valence-corrected chi connectivity index (χ1v) is 6.39. The maximum absolute atomic E-state index is 9.61. The molecule has 0 saturated heterocycles. The number of ether oxygens (including phenoxy) is 1. The van der Waals surface area contributed by atoms with E-state index in [4.69, 9.17) is 4.74 Å². The van der Waals surface area contributed by atoms with E-state index < -0.39 is 0 Å². The molecular weight excluding hydrogens is 238 g/mol. The molecule has 1 heterocycles. The van der Waals surface area contributed by atoms with Crippen molar-refractivity contribution in [1.82, 2.24) is 4.98 Å². The van der Waals surface area contributed by atoms with Gasteiger partial charge in [-0.1, -0.05) is 18.2 Å². The highest BCUT2D eigenvalue weighted by Crippen LogP contribution is 2.25. The van der Waals surface area contributed by atoms with E-state index in [1.165, 1.54) is 0 Å². The third kappa shape index (κ3) is 3.32. The second-order valence-electron chi connectivity index (χ2n) is 4.67. The topological polar surface area (TPSA) is 42.4 Å². The Morgan fingerprint density at radius 1 is 1.32 bits per heavy atom. The predicted molar refractivity (Wildman–Crippen MR) is 75.5 cm³/mol. The lowest BCUT2D eigenvalue weighted by Crippen LogP contribution is -2.08. The summed E-state index contributed by atoms with van der Waals surface area (Å²) in [6.07, 6.45) is 4.39. The molecule has 0 aliphatic rings. The van der Waals surface area contributed by atoms with Crippen molar-refractivity contribution in [2.45, 2.75) is 19.3 Å². The number of aryl methyl sites for hydroxylation is 1. The number of benzene rings is 1. The average molecular weight is 257 g/mol. The first-order chi connectivity index (χ1) is 9.24. The number of nitrogens with zero attached hydrogens (tertiary/aromatic N) is 1. The van der Waals surface area contributed by atoms with Gasteiger partial charge in [0.1, 0.15) is 5.75 Å². The molecule has 0 bridgehead atoms. The van der Waals surface area contributed by atoms with E-state index in [0.29, 0.717) is 0 Å². The first kappa shape index (κ1) is 13.6. The highest BCUT2D eigenvalue weighted by molar-refractivity contribution is 5.38. The van der Waals surface area contributed by atoms with Crippen LogP contribution in [0, 0.1) is 6.92 Å². The van der Waals surface area contributed by atoms with E-state index in [-0.39, 0.29) is 12.5 Å². The molecule has 19 heavy (non-hydrogen) atoms. The van der Waals surface area contributed by atoms with Crippen LogP contribution in [0.5, 0.6) is 5.75 Å². The van der Waals surface area contributed by atoms with E-state index in [2.05, 4.69) is 11.1 Å². The summed E-state index contributed by atoms with van der Waals surface area (Å²) in [5.74, 6) is 0.968. The average Bonchev–Trinajstić information content (AvgIpc) is 2.46. The molecule has 0 amide bonds. The molecule has 3 heteroatoms. The number of rotatable bonds is 5. The Morgan fingerprint density at radius 2 is 2.16 bits per heavy atom. The second-order valence-corrected chi connectivity index (χ2v) is 4.67. The van der Waals surface area contributed by atoms with Crippen molar-refractivity contribution < 1.29 is 9.84 Å². The minimum absolute atomic E-state index is 0.0915. The van der Waals surface area contributed by atoms with Crippen molar-refractivity contribution in [2.24, 2.45) is 0 Å². The summed E-state index contributed by atoms with van der Waals surface area (Å²) in [4.78, 5) is 4.11. The standard InChI is InChI=1S/C16H19NO2/c1-12-8-14(5-6-16(12)19-2)15(11-18)9-13-4-3-7-17-10-13/h3-8,10,15,18H,9,11H2,1-2H3. The summed E-state index contributed by atoms with van der Waals surface area (Å²) < 4.78 is 5.26. The molecule has 100 valence electrons. The number of aliphatic hydroxyl groups excluding tert-OH is 1. The van der Waals surface area contributed by atoms with E-state index in [1.54, 1.807) is 13.3 Å². The van der Waals surface area contributed by atoms with Crippen molar-refractivity contribution in [3.05, 3.63) is 59.4 Å². The summed E-state index contributed by atoms with van der Waals surface area (Å²) in [5, 5.41) is 9.61. The molecule has 0 fully saturated rings. The summed E-state index contributed by atoms with van der Waals surface area (Å²) in [6.45, 7) is 2.14. The van der Waals surface area contributed by atoms with Crippen LogP contribution in [-0.2, 0) is 6.42 Å². The lowest BCUT2D eigenvalue weighted by molar-refractivity contribution is 0.264. The van der Waals surface area contributed by atoms with Gasteiger partial charge in [-0.2, -0.15) is 0 Å². The molecule has 3 nitrogen and oxygen atoms in total. The van der Waals surface area contributed by atoms with Gasteiger partial charge < -0.3 is 9.84 Å². The molecule has 0 aliphatic carbocycles. The van der Waals surface area contributed by atoms with Crippen LogP contribution in [0.3, 0.4) is 0 Å². The molecule has 0 aliphatic heterocycles. The fourth-order valence-electron chi connectivity index (χ4n) is 2.25. The highest BCUT2D eigenvalue weighted by atomic mass is 16.5. The van der Waals surface area contributed by atoms with Gasteiger partial charge in [-0.05, 0) is 42.2 Å². The van der Waals surface area contributed by atoms with Crippen LogP contribution in [0.2, 0.25) is 0 Å². The highest BCUT2D eigenvalue weighted by Gasteiger charge is 2.13. The van der Waals surface area contributed by atoms with Crippen LogP contribution in [0.4, 0.5) is 0 Å². The Hall–Kier alpha value is -1.87. The predicted octanol–water partition coefficient (Wildman–Crippen LogP) is 2.72. The van der Waals surface area contributed by atoms with Gasteiger partial charge in [0.2, 0.25) is 0 Å². The van der Waals surface area contributed by atoms with Crippen molar-refractivity contribution in [2.75, 3.05) is 13.7 Å². The molecule has 1 unspecified atom stereocenters. The number of pyridine rings is 1. The summed E-state index contributed by atoms with van der Waals surface area (Å²) in [7, 11) is 1.67. The lowest BCUT2D eigenvalue weighted by atomic mass is 9.92. The largest absolute Gasteiger partial charge is 0.496 e. The third-order valence-corrected chi connectivity index (χ3v) is 3.32. The Labute approximate surface area is 113 Å². The fourth-order valence-corrected chi connectivity index (χ4v) is 2.25. The van der Waals surface area contributed by atoms with Gasteiger partial charge >= 0.3 is 0 Å². The molecular formula is C16H19NO2. The van der Waals surface area contributed by atoms with Crippen molar-refractivity contribution in [3.8, 4) is 5.75 Å². The zero-order valence-corrected chi connectivity index (χ0v) is 11.3. The van der Waals surface area contributed by atoms with Crippen molar-refractivity contribution >= 4 is 0 Å². The molecule has 2 aromatic rings. The molecule has 1 N–H and O–H groups in total. The molecule has 0 radical (unpaired) electrons. The second kappa shape index (κ2) is 6.34. The fraction of sp³-hybridized carbons (Fsp3) is 0.312. The summed E-state index contributed by atoms with van der Waals surface area (Å²) >= 11 is 0. The SMILES string of the molecule is COc1ccc(C(CO)Cc2cccnc2)cc1C. The zero-order valence-electron chi connectivity index (χ0n) is 11.3. The van der Waals surface area contributed by atoms with Crippen molar-refractivity contribution in [1.29, 1.82) is 0 Å². The Bertz CT molecular complexity index is 526. The van der Waals surface area contributed by atoms with Gasteiger partial charge in [-0.3, -0.25) is 4.98 Å². The number of methoxy groups -OCH3 is 1. The minimum Gasteiger partial charge on any atom is -0.496 e. The number of aromatic nitrogens is 1. The number of hydrogen-bond donors (Lipinski definition) is 1. The lowest BCUT2D eigenvalue weighted by Gasteiger charge is -2.16. The van der Waals surface area contributed by atoms with Gasteiger partial charge in [0.05, 0.1) is 13.7 Å². The first-order valence-electron chi connectivity index (χ1n) is 6.39. The zero-order chi connectivity index (χ0) is 13.7. The molecule has 1 aromatic carbocycles. The van der Waals surface area contributed by atoms with E-state index >= 15 is 0 Å². The van der Waals surface area contributed by atoms with Crippen LogP contribution in [0.1, 0.15) is 22.6 Å². The van der Waals surface area contributed by atoms with Crippen LogP contribution in [0.15, 0.2) is 42.7 Å². The third-order valence-electron chi connectivity index (χ3n) is 3.32. The minimum atomic E-state index is 0.0915. The van der Waals surface area contributed by atoms with Crippen LogP contribution >= 0.6 is 0 Å². The Kier molecular flexibility index (Phi) is 4.53. The number of aliphatic hydroxyl groups is 1. The van der Waals surface area contributed by atoms with Gasteiger partial charge in [0, 0.05) is 18.3 Å². The van der Waals surface area contributed by atoms with Gasteiger partial charge in [0.25, 0.3) is 0 Å². The Morgan fingerprint density at radius 3 is 2.74 bits per heavy atom. The van der Waals surface area contributed by atoms with E-state index in [0.717, 1.165) is 28.9 Å². The van der Waals surface area contributed by atoms with Crippen LogP contribution in [0.25, 0.3) is 0 Å². The monoisotopic (exact) mass is 257 g/mol. The van der Waals surface area contributed by atoms with Gasteiger partial charge in [-0.25, -0.2) is 0 Å². The van der Waals surface area contributed by atoms with Gasteiger partial charge in [-0.15, -0.1) is 0 Å². The molecule has 1 aromatic heterocycles. The summed E-state index contributed by atoms with van der Waals surface area (Å²) in [5.41, 5.74) is 3.35. The quantitative estimate of drug-likeness (QED) is 0.895.